The lowest BCUT2D eigenvalue weighted by molar-refractivity contribution is -0.115. The van der Waals surface area contributed by atoms with Crippen molar-refractivity contribution in [2.24, 2.45) is 0 Å². The number of para-hydroxylation sites is 1. The molecule has 1 atom stereocenters. The quantitative estimate of drug-likeness (QED) is 0.314. The van der Waals surface area contributed by atoms with Gasteiger partial charge in [-0.25, -0.2) is 9.97 Å². The summed E-state index contributed by atoms with van der Waals surface area (Å²) in [6.07, 6.45) is 1.58. The van der Waals surface area contributed by atoms with E-state index in [0.717, 1.165) is 32.1 Å². The van der Waals surface area contributed by atoms with Gasteiger partial charge in [0.05, 0.1) is 5.25 Å². The first-order valence-electron chi connectivity index (χ1n) is 9.37. The van der Waals surface area contributed by atoms with E-state index in [1.54, 1.807) is 17.7 Å². The lowest BCUT2D eigenvalue weighted by atomic mass is 10.0. The maximum Gasteiger partial charge on any atom is 0.237 e. The second kappa shape index (κ2) is 8.35. The van der Waals surface area contributed by atoms with Crippen molar-refractivity contribution in [1.82, 2.24) is 9.97 Å². The number of hydrogen-bond acceptors (Lipinski definition) is 5. The lowest BCUT2D eigenvalue weighted by Gasteiger charge is -2.15. The van der Waals surface area contributed by atoms with E-state index < -0.39 is 0 Å². The number of benzene rings is 2. The van der Waals surface area contributed by atoms with Crippen LogP contribution in [0.25, 0.3) is 21.3 Å². The molecule has 146 valence electrons. The molecule has 29 heavy (non-hydrogen) atoms. The van der Waals surface area contributed by atoms with Gasteiger partial charge in [0, 0.05) is 21.5 Å². The highest BCUT2D eigenvalue weighted by Crippen LogP contribution is 2.36. The molecule has 1 N–H and O–H groups in total. The van der Waals surface area contributed by atoms with Crippen molar-refractivity contribution >= 4 is 44.9 Å². The van der Waals surface area contributed by atoms with Crippen LogP contribution >= 0.6 is 23.1 Å². The van der Waals surface area contributed by atoms with E-state index in [1.807, 2.05) is 61.5 Å². The Morgan fingerprint density at radius 1 is 1.03 bits per heavy atom. The molecular weight excluding hydrogens is 398 g/mol. The van der Waals surface area contributed by atoms with Gasteiger partial charge in [0.1, 0.15) is 16.2 Å². The highest BCUT2D eigenvalue weighted by Gasteiger charge is 2.20. The van der Waals surface area contributed by atoms with Gasteiger partial charge in [-0.05, 0) is 38.0 Å². The fraction of sp³-hybridized carbons (Fsp3) is 0.174. The summed E-state index contributed by atoms with van der Waals surface area (Å²) in [5, 5.41) is 4.72. The van der Waals surface area contributed by atoms with Crippen LogP contribution in [0.5, 0.6) is 0 Å². The number of aromatic nitrogens is 2. The van der Waals surface area contributed by atoms with Crippen LogP contribution in [-0.2, 0) is 4.79 Å². The molecule has 0 radical (unpaired) electrons. The Bertz CT molecular complexity index is 1170. The number of nitrogens with zero attached hydrogens (tertiary/aromatic N) is 2. The van der Waals surface area contributed by atoms with Crippen LogP contribution in [0.2, 0.25) is 0 Å². The van der Waals surface area contributed by atoms with Crippen LogP contribution in [0.3, 0.4) is 0 Å². The number of thiophene rings is 1. The van der Waals surface area contributed by atoms with Gasteiger partial charge in [-0.1, -0.05) is 60.3 Å². The molecule has 0 saturated carbocycles. The third-order valence-electron chi connectivity index (χ3n) is 4.86. The summed E-state index contributed by atoms with van der Waals surface area (Å²) in [6, 6.07) is 17.9. The molecule has 2 heterocycles. The van der Waals surface area contributed by atoms with Gasteiger partial charge in [-0.15, -0.1) is 11.3 Å². The molecule has 2 aromatic heterocycles. The molecule has 0 bridgehead atoms. The average molecular weight is 420 g/mol. The van der Waals surface area contributed by atoms with Crippen molar-refractivity contribution in [3.63, 3.8) is 0 Å². The predicted octanol–water partition coefficient (Wildman–Crippen LogP) is 6.09. The monoisotopic (exact) mass is 419 g/mol. The van der Waals surface area contributed by atoms with Crippen molar-refractivity contribution in [3.05, 3.63) is 71.4 Å². The van der Waals surface area contributed by atoms with E-state index in [1.165, 1.54) is 22.2 Å². The van der Waals surface area contributed by atoms with E-state index in [-0.39, 0.29) is 11.2 Å². The molecule has 0 aliphatic heterocycles. The normalized spacial score (nSPS) is 12.1. The summed E-state index contributed by atoms with van der Waals surface area (Å²) in [5.41, 5.74) is 4.08. The number of aryl methyl sites for hydroxylation is 2. The highest BCUT2D eigenvalue weighted by molar-refractivity contribution is 8.00. The molecule has 0 unspecified atom stereocenters. The predicted molar refractivity (Wildman–Crippen MR) is 123 cm³/mol. The summed E-state index contributed by atoms with van der Waals surface area (Å²) in [4.78, 5) is 24.0. The third-order valence-corrected chi connectivity index (χ3v) is 7.07. The Kier molecular flexibility index (Phi) is 5.65. The minimum Gasteiger partial charge on any atom is -0.325 e. The first-order chi connectivity index (χ1) is 14.0. The Morgan fingerprint density at radius 2 is 1.76 bits per heavy atom. The van der Waals surface area contributed by atoms with Crippen LogP contribution in [0.1, 0.15) is 17.4 Å². The summed E-state index contributed by atoms with van der Waals surface area (Å²) < 4.78 is 0. The van der Waals surface area contributed by atoms with Crippen LogP contribution in [0, 0.1) is 13.8 Å². The number of anilines is 1. The topological polar surface area (TPSA) is 54.9 Å². The zero-order valence-corrected chi connectivity index (χ0v) is 18.1. The van der Waals surface area contributed by atoms with Crippen molar-refractivity contribution in [1.29, 1.82) is 0 Å². The summed E-state index contributed by atoms with van der Waals surface area (Å²) >= 11 is 3.14. The molecule has 0 fully saturated rings. The van der Waals surface area contributed by atoms with Gasteiger partial charge in [0.15, 0.2) is 0 Å². The van der Waals surface area contributed by atoms with Gasteiger partial charge in [-0.2, -0.15) is 0 Å². The number of carbonyl (C=O) groups excluding carboxylic acids is 1. The fourth-order valence-electron chi connectivity index (χ4n) is 3.16. The Hall–Kier alpha value is -2.70. The summed E-state index contributed by atoms with van der Waals surface area (Å²) in [6.45, 7) is 6.09. The number of carbonyl (C=O) groups is 1. The SMILES string of the molecule is Cc1sc2ncnc(S[C@H](C)C(=O)Nc3ccccc3-c3ccccc3)c2c1C. The maximum atomic E-state index is 13.0. The zero-order chi connectivity index (χ0) is 20.4. The lowest BCUT2D eigenvalue weighted by Crippen LogP contribution is -2.22. The second-order valence-corrected chi connectivity index (χ2v) is 9.34. The number of nitrogens with one attached hydrogen (secondary N) is 1. The van der Waals surface area contributed by atoms with E-state index >= 15 is 0 Å². The van der Waals surface area contributed by atoms with E-state index in [2.05, 4.69) is 29.1 Å². The standard InChI is InChI=1S/C23H21N3OS2/c1-14-15(2)28-22-20(14)23(25-13-24-22)29-16(3)21(27)26-19-12-8-7-11-18(19)17-9-5-4-6-10-17/h4-13,16H,1-3H3,(H,26,27)/t16-/m1/s1. The molecular formula is C23H21N3OS2. The molecule has 6 heteroatoms. The maximum absolute atomic E-state index is 13.0. The van der Waals surface area contributed by atoms with Crippen molar-refractivity contribution in [2.45, 2.75) is 31.0 Å². The largest absolute Gasteiger partial charge is 0.325 e. The first-order valence-corrected chi connectivity index (χ1v) is 11.1. The average Bonchev–Trinajstić information content (AvgIpc) is 3.03. The molecule has 0 spiro atoms. The Morgan fingerprint density at radius 3 is 2.55 bits per heavy atom. The smallest absolute Gasteiger partial charge is 0.237 e. The Labute approximate surface area is 178 Å². The van der Waals surface area contributed by atoms with E-state index in [9.17, 15) is 4.79 Å². The molecule has 4 rings (SSSR count). The van der Waals surface area contributed by atoms with E-state index in [4.69, 9.17) is 0 Å². The van der Waals surface area contributed by atoms with Crippen molar-refractivity contribution in [3.8, 4) is 11.1 Å². The molecule has 2 aromatic carbocycles. The van der Waals surface area contributed by atoms with Gasteiger partial charge in [0.25, 0.3) is 0 Å². The minimum absolute atomic E-state index is 0.0465. The molecule has 4 aromatic rings. The number of thioether (sulfide) groups is 1. The van der Waals surface area contributed by atoms with Gasteiger partial charge in [0.2, 0.25) is 5.91 Å². The molecule has 0 aliphatic rings. The number of amides is 1. The van der Waals surface area contributed by atoms with Crippen LogP contribution in [-0.4, -0.2) is 21.1 Å². The third kappa shape index (κ3) is 4.04. The molecule has 1 amide bonds. The first kappa shape index (κ1) is 19.6. The number of fused-ring (bicyclic) bond motifs is 1. The van der Waals surface area contributed by atoms with E-state index in [0.29, 0.717) is 0 Å². The minimum atomic E-state index is -0.295. The van der Waals surface area contributed by atoms with Gasteiger partial charge < -0.3 is 5.32 Å². The zero-order valence-electron chi connectivity index (χ0n) is 16.5. The van der Waals surface area contributed by atoms with Gasteiger partial charge in [-0.3, -0.25) is 4.79 Å². The number of hydrogen-bond donors (Lipinski definition) is 1. The van der Waals surface area contributed by atoms with Gasteiger partial charge >= 0.3 is 0 Å². The fourth-order valence-corrected chi connectivity index (χ4v) is 5.19. The summed E-state index contributed by atoms with van der Waals surface area (Å²) in [5.74, 6) is -0.0465. The molecule has 0 saturated heterocycles. The Balaban J connectivity index is 1.56. The second-order valence-electron chi connectivity index (χ2n) is 6.80. The van der Waals surface area contributed by atoms with Crippen LogP contribution < -0.4 is 5.32 Å². The van der Waals surface area contributed by atoms with Crippen LogP contribution in [0.15, 0.2) is 66.0 Å². The summed E-state index contributed by atoms with van der Waals surface area (Å²) in [7, 11) is 0. The van der Waals surface area contributed by atoms with Crippen LogP contribution in [0.4, 0.5) is 5.69 Å². The number of rotatable bonds is 5. The van der Waals surface area contributed by atoms with Crippen molar-refractivity contribution < 1.29 is 4.79 Å². The van der Waals surface area contributed by atoms with Crippen molar-refractivity contribution in [2.75, 3.05) is 5.32 Å². The highest BCUT2D eigenvalue weighted by atomic mass is 32.2. The molecule has 0 aliphatic carbocycles. The molecule has 4 nitrogen and oxygen atoms in total.